The number of ether oxygens (including phenoxy) is 1. The molecule has 1 aliphatic carbocycles. The predicted octanol–water partition coefficient (Wildman–Crippen LogP) is 4.09. The van der Waals surface area contributed by atoms with E-state index in [1.165, 1.54) is 24.5 Å². The normalized spacial score (nSPS) is 15.7. The van der Waals surface area contributed by atoms with Crippen LogP contribution in [0.25, 0.3) is 11.0 Å². The van der Waals surface area contributed by atoms with Crippen molar-refractivity contribution in [2.75, 3.05) is 11.9 Å². The largest absolute Gasteiger partial charge is 0.460 e. The lowest BCUT2D eigenvalue weighted by molar-refractivity contribution is 0.0808. The first-order valence-electron chi connectivity index (χ1n) is 10.2. The number of aryl methyl sites for hydroxylation is 1. The molecule has 0 radical (unpaired) electrons. The number of urea groups is 1. The number of hydrogen-bond donors (Lipinski definition) is 3. The molecule has 0 spiro atoms. The van der Waals surface area contributed by atoms with E-state index < -0.39 is 17.7 Å². The molecule has 1 saturated carbocycles. The molecule has 0 saturated heterocycles. The summed E-state index contributed by atoms with van der Waals surface area (Å²) in [5, 5.41) is 16.1. The Morgan fingerprint density at radius 2 is 2.03 bits per heavy atom. The number of hydrogen-bond acceptors (Lipinski definition) is 6. The molecule has 0 aliphatic heterocycles. The fraction of sp³-hybridized carbons (Fsp3) is 0.409. The van der Waals surface area contributed by atoms with Gasteiger partial charge in [-0.1, -0.05) is 13.8 Å². The lowest BCUT2D eigenvalue weighted by Gasteiger charge is -2.21. The summed E-state index contributed by atoms with van der Waals surface area (Å²) in [6.45, 7) is 5.92. The second-order valence-electron chi connectivity index (χ2n) is 8.32. The Balaban J connectivity index is 1.43. The quantitative estimate of drug-likeness (QED) is 0.523. The zero-order valence-electron chi connectivity index (χ0n) is 17.6. The number of anilines is 1. The summed E-state index contributed by atoms with van der Waals surface area (Å²) < 4.78 is 24.9. The van der Waals surface area contributed by atoms with E-state index in [4.69, 9.17) is 9.15 Å². The van der Waals surface area contributed by atoms with E-state index in [-0.39, 0.29) is 24.4 Å². The molecule has 2 heterocycles. The summed E-state index contributed by atoms with van der Waals surface area (Å²) in [5.74, 6) is 0.271. The minimum Gasteiger partial charge on any atom is -0.460 e. The molecule has 3 N–H and O–H groups in total. The topological polar surface area (TPSA) is 110 Å². The highest BCUT2D eigenvalue weighted by molar-refractivity contribution is 5.89. The molecule has 31 heavy (non-hydrogen) atoms. The van der Waals surface area contributed by atoms with Gasteiger partial charge in [0.15, 0.2) is 0 Å². The maximum absolute atomic E-state index is 13.6. The van der Waals surface area contributed by atoms with Gasteiger partial charge in [0.05, 0.1) is 29.7 Å². The predicted molar refractivity (Wildman–Crippen MR) is 112 cm³/mol. The fourth-order valence-corrected chi connectivity index (χ4v) is 3.29. The molecule has 2 amide bonds. The Kier molecular flexibility index (Phi) is 5.53. The third-order valence-corrected chi connectivity index (χ3v) is 5.35. The van der Waals surface area contributed by atoms with Crippen molar-refractivity contribution in [1.29, 1.82) is 0 Å². The molecule has 0 unspecified atom stereocenters. The molecule has 3 aromatic rings. The van der Waals surface area contributed by atoms with Gasteiger partial charge >= 0.3 is 12.0 Å². The molecule has 8 nitrogen and oxygen atoms in total. The van der Waals surface area contributed by atoms with Crippen LogP contribution < -0.4 is 15.4 Å². The lowest BCUT2D eigenvalue weighted by Crippen LogP contribution is -2.35. The average Bonchev–Trinajstić information content (AvgIpc) is 3.39. The van der Waals surface area contributed by atoms with Crippen molar-refractivity contribution in [1.82, 2.24) is 15.3 Å². The highest BCUT2D eigenvalue weighted by atomic mass is 19.1. The smallest absolute Gasteiger partial charge is 0.319 e. The van der Waals surface area contributed by atoms with Crippen LogP contribution in [0.15, 0.2) is 35.0 Å². The monoisotopic (exact) mass is 428 g/mol. The second kappa shape index (κ2) is 8.14. The Hall–Kier alpha value is -3.20. The number of fused-ring (bicyclic) bond motifs is 1. The first kappa shape index (κ1) is 21.0. The Morgan fingerprint density at radius 1 is 1.32 bits per heavy atom. The van der Waals surface area contributed by atoms with Crippen LogP contribution in [0.2, 0.25) is 0 Å². The van der Waals surface area contributed by atoms with Crippen molar-refractivity contribution < 1.29 is 23.4 Å². The molecule has 2 aromatic heterocycles. The van der Waals surface area contributed by atoms with E-state index in [0.29, 0.717) is 35.3 Å². The zero-order valence-corrected chi connectivity index (χ0v) is 17.6. The van der Waals surface area contributed by atoms with Gasteiger partial charge in [0.25, 0.3) is 0 Å². The average molecular weight is 428 g/mol. The molecule has 1 aromatic carbocycles. The maximum atomic E-state index is 13.6. The SMILES string of the molecule is Cc1c([C@H](NC(=O)Nc2cnc(OCC3(O)CC3)nc2)C(C)C)oc2ccc(F)cc12. The standard InChI is InChI=1S/C22H25FN4O4/c1-12(2)18(19-13(3)16-8-14(23)4-5-17(16)31-19)27-20(28)26-15-9-24-21(25-10-15)30-11-22(29)6-7-22/h4-5,8-10,12,18,29H,6-7,11H2,1-3H3,(H2,26,27,28)/t18-/m1/s1. The van der Waals surface area contributed by atoms with Crippen molar-refractivity contribution in [3.8, 4) is 6.01 Å². The maximum Gasteiger partial charge on any atom is 0.319 e. The van der Waals surface area contributed by atoms with Crippen molar-refractivity contribution >= 4 is 22.7 Å². The molecule has 4 rings (SSSR count). The summed E-state index contributed by atoms with van der Waals surface area (Å²) in [4.78, 5) is 20.7. The summed E-state index contributed by atoms with van der Waals surface area (Å²) in [5.41, 5.74) is 0.991. The molecular formula is C22H25FN4O4. The Bertz CT molecular complexity index is 1090. The zero-order chi connectivity index (χ0) is 22.2. The van der Waals surface area contributed by atoms with Crippen LogP contribution in [-0.4, -0.2) is 33.3 Å². The van der Waals surface area contributed by atoms with Gasteiger partial charge in [0.2, 0.25) is 0 Å². The Labute approximate surface area is 178 Å². The highest BCUT2D eigenvalue weighted by Crippen LogP contribution is 2.35. The third kappa shape index (κ3) is 4.77. The minimum atomic E-state index is -0.757. The van der Waals surface area contributed by atoms with Gasteiger partial charge in [0, 0.05) is 10.9 Å². The van der Waals surface area contributed by atoms with E-state index in [0.717, 1.165) is 5.56 Å². The number of rotatable bonds is 7. The number of nitrogens with zero attached hydrogens (tertiary/aromatic N) is 2. The van der Waals surface area contributed by atoms with E-state index >= 15 is 0 Å². The molecule has 1 fully saturated rings. The van der Waals surface area contributed by atoms with Crippen molar-refractivity contribution in [2.24, 2.45) is 5.92 Å². The van der Waals surface area contributed by atoms with Gasteiger partial charge in [0.1, 0.15) is 23.8 Å². The number of halogens is 1. The van der Waals surface area contributed by atoms with Gasteiger partial charge < -0.3 is 24.9 Å². The van der Waals surface area contributed by atoms with Crippen LogP contribution in [0.1, 0.15) is 44.1 Å². The number of amides is 2. The molecular weight excluding hydrogens is 403 g/mol. The summed E-state index contributed by atoms with van der Waals surface area (Å²) in [6, 6.07) is 3.63. The summed E-state index contributed by atoms with van der Waals surface area (Å²) in [6.07, 6.45) is 4.28. The van der Waals surface area contributed by atoms with Gasteiger partial charge in [-0.2, -0.15) is 0 Å². The van der Waals surface area contributed by atoms with Gasteiger partial charge in [-0.05, 0) is 43.9 Å². The van der Waals surface area contributed by atoms with E-state index in [1.807, 2.05) is 20.8 Å². The fourth-order valence-electron chi connectivity index (χ4n) is 3.29. The molecule has 1 atom stereocenters. The number of furan rings is 1. The van der Waals surface area contributed by atoms with Gasteiger partial charge in [-0.3, -0.25) is 0 Å². The lowest BCUT2D eigenvalue weighted by atomic mass is 9.98. The van der Waals surface area contributed by atoms with Crippen molar-refractivity contribution in [2.45, 2.75) is 45.3 Å². The number of carbonyl (C=O) groups excluding carboxylic acids is 1. The van der Waals surface area contributed by atoms with Crippen LogP contribution in [0.3, 0.4) is 0 Å². The highest BCUT2D eigenvalue weighted by Gasteiger charge is 2.41. The van der Waals surface area contributed by atoms with E-state index in [1.54, 1.807) is 6.07 Å². The minimum absolute atomic E-state index is 0.0233. The number of aromatic nitrogens is 2. The number of aliphatic hydroxyl groups is 1. The van der Waals surface area contributed by atoms with Crippen LogP contribution in [0.4, 0.5) is 14.9 Å². The van der Waals surface area contributed by atoms with Crippen molar-refractivity contribution in [3.05, 3.63) is 47.7 Å². The van der Waals surface area contributed by atoms with Crippen LogP contribution in [0.5, 0.6) is 6.01 Å². The number of nitrogens with one attached hydrogen (secondary N) is 2. The van der Waals surface area contributed by atoms with E-state index in [2.05, 4.69) is 20.6 Å². The number of carbonyl (C=O) groups is 1. The van der Waals surface area contributed by atoms with Crippen LogP contribution >= 0.6 is 0 Å². The first-order chi connectivity index (χ1) is 14.7. The Morgan fingerprint density at radius 3 is 2.68 bits per heavy atom. The summed E-state index contributed by atoms with van der Waals surface area (Å²) in [7, 11) is 0. The first-order valence-corrected chi connectivity index (χ1v) is 10.2. The van der Waals surface area contributed by atoms with E-state index in [9.17, 15) is 14.3 Å². The molecule has 1 aliphatic rings. The van der Waals surface area contributed by atoms with Gasteiger partial charge in [-0.15, -0.1) is 0 Å². The second-order valence-corrected chi connectivity index (χ2v) is 8.32. The van der Waals surface area contributed by atoms with Crippen molar-refractivity contribution in [3.63, 3.8) is 0 Å². The molecule has 0 bridgehead atoms. The summed E-state index contributed by atoms with van der Waals surface area (Å²) >= 11 is 0. The molecule has 164 valence electrons. The molecule has 9 heteroatoms. The van der Waals surface area contributed by atoms with Crippen LogP contribution in [0, 0.1) is 18.7 Å². The van der Waals surface area contributed by atoms with Crippen LogP contribution in [-0.2, 0) is 0 Å². The third-order valence-electron chi connectivity index (χ3n) is 5.35. The number of benzene rings is 1. The van der Waals surface area contributed by atoms with Gasteiger partial charge in [-0.25, -0.2) is 19.2 Å².